The zero-order chi connectivity index (χ0) is 22.4. The fourth-order valence-electron chi connectivity index (χ4n) is 4.13. The molecule has 2 heterocycles. The lowest BCUT2D eigenvalue weighted by atomic mass is 9.98. The summed E-state index contributed by atoms with van der Waals surface area (Å²) in [6.45, 7) is 0.132. The fraction of sp³-hybridized carbons (Fsp3) is 0.120. The Labute approximate surface area is 182 Å². The van der Waals surface area contributed by atoms with E-state index in [-0.39, 0.29) is 40.6 Å². The first-order valence-electron chi connectivity index (χ1n) is 9.96. The van der Waals surface area contributed by atoms with Gasteiger partial charge in [-0.15, -0.1) is 0 Å². The van der Waals surface area contributed by atoms with Crippen LogP contribution < -0.4 is 10.2 Å². The van der Waals surface area contributed by atoms with Gasteiger partial charge in [-0.1, -0.05) is 30.3 Å². The van der Waals surface area contributed by atoms with E-state index in [1.807, 2.05) is 0 Å². The van der Waals surface area contributed by atoms with Crippen LogP contribution in [-0.2, 0) is 6.54 Å². The number of methoxy groups -OCH3 is 1. The number of ether oxygens (including phenoxy) is 1. The molecule has 1 aliphatic rings. The van der Waals surface area contributed by atoms with Crippen molar-refractivity contribution >= 4 is 16.9 Å². The van der Waals surface area contributed by atoms with Crippen molar-refractivity contribution in [2.75, 3.05) is 7.11 Å². The second-order valence-electron chi connectivity index (χ2n) is 7.56. The molecule has 1 amide bonds. The van der Waals surface area contributed by atoms with Crippen molar-refractivity contribution in [2.24, 2.45) is 0 Å². The van der Waals surface area contributed by atoms with Crippen LogP contribution in [0.4, 0.5) is 4.39 Å². The molecule has 1 N–H and O–H groups in total. The quantitative estimate of drug-likeness (QED) is 0.518. The van der Waals surface area contributed by atoms with Crippen molar-refractivity contribution in [1.82, 2.24) is 4.90 Å². The molecule has 1 atom stereocenters. The molecule has 1 aliphatic heterocycles. The number of carbonyl (C=O) groups excluding carboxylic acids is 1. The Morgan fingerprint density at radius 3 is 2.56 bits per heavy atom. The van der Waals surface area contributed by atoms with Gasteiger partial charge < -0.3 is 19.2 Å². The minimum Gasteiger partial charge on any atom is -0.504 e. The lowest BCUT2D eigenvalue weighted by Gasteiger charge is -2.25. The van der Waals surface area contributed by atoms with Gasteiger partial charge in [0.1, 0.15) is 11.4 Å². The van der Waals surface area contributed by atoms with E-state index in [1.54, 1.807) is 48.5 Å². The summed E-state index contributed by atoms with van der Waals surface area (Å²) in [6, 6.07) is 16.5. The van der Waals surface area contributed by atoms with Crippen LogP contribution in [0.1, 0.15) is 33.3 Å². The van der Waals surface area contributed by atoms with Crippen LogP contribution in [0.15, 0.2) is 75.9 Å². The van der Waals surface area contributed by atoms with E-state index in [0.29, 0.717) is 22.1 Å². The van der Waals surface area contributed by atoms with Crippen LogP contribution in [0.25, 0.3) is 11.0 Å². The third-order valence-electron chi connectivity index (χ3n) is 5.66. The van der Waals surface area contributed by atoms with Gasteiger partial charge in [-0.2, -0.15) is 0 Å². The monoisotopic (exact) mass is 431 g/mol. The second kappa shape index (κ2) is 7.53. The third kappa shape index (κ3) is 3.10. The van der Waals surface area contributed by atoms with Crippen LogP contribution in [0.3, 0.4) is 0 Å². The van der Waals surface area contributed by atoms with E-state index in [1.165, 1.54) is 30.2 Å². The van der Waals surface area contributed by atoms with Crippen molar-refractivity contribution in [3.8, 4) is 11.5 Å². The summed E-state index contributed by atoms with van der Waals surface area (Å²) in [7, 11) is 1.42. The fourth-order valence-corrected chi connectivity index (χ4v) is 4.13. The molecular formula is C25H18FNO5. The SMILES string of the molecule is COc1cc(C2c3c(oc4ccccc4c3=O)C(=O)N2Cc2ccc(F)cc2)ccc1O. The summed E-state index contributed by atoms with van der Waals surface area (Å²) in [6.07, 6.45) is 0. The number of nitrogens with zero attached hydrogens (tertiary/aromatic N) is 1. The summed E-state index contributed by atoms with van der Waals surface area (Å²) < 4.78 is 24.5. The minimum atomic E-state index is -0.766. The maximum absolute atomic E-state index is 13.4. The number of phenolic OH excluding ortho intramolecular Hbond substituents is 1. The van der Waals surface area contributed by atoms with Crippen molar-refractivity contribution in [2.45, 2.75) is 12.6 Å². The number of rotatable bonds is 4. The normalized spacial score (nSPS) is 15.2. The molecular weight excluding hydrogens is 413 g/mol. The maximum Gasteiger partial charge on any atom is 0.291 e. The van der Waals surface area contributed by atoms with E-state index in [9.17, 15) is 19.1 Å². The maximum atomic E-state index is 13.4. The number of hydrogen-bond acceptors (Lipinski definition) is 5. The van der Waals surface area contributed by atoms with E-state index in [0.717, 1.165) is 0 Å². The summed E-state index contributed by atoms with van der Waals surface area (Å²) in [4.78, 5) is 28.4. The lowest BCUT2D eigenvalue weighted by Crippen LogP contribution is -2.29. The standard InChI is InChI=1S/C25H18FNO5/c1-31-20-12-15(8-11-18(20)28)22-21-23(29)17-4-2-3-5-19(17)32-24(21)25(30)27(22)13-14-6-9-16(26)10-7-14/h2-12,22,28H,13H2,1H3. The molecule has 0 saturated heterocycles. The van der Waals surface area contributed by atoms with Gasteiger partial charge in [0.2, 0.25) is 5.76 Å². The second-order valence-corrected chi connectivity index (χ2v) is 7.56. The predicted octanol–water partition coefficient (Wildman–Crippen LogP) is 4.39. The average Bonchev–Trinajstić information content (AvgIpc) is 3.08. The number of phenols is 1. The highest BCUT2D eigenvalue weighted by atomic mass is 19.1. The first-order valence-corrected chi connectivity index (χ1v) is 9.96. The Morgan fingerprint density at radius 1 is 1.06 bits per heavy atom. The van der Waals surface area contributed by atoms with Gasteiger partial charge in [0.25, 0.3) is 5.91 Å². The van der Waals surface area contributed by atoms with Crippen LogP contribution in [-0.4, -0.2) is 23.0 Å². The molecule has 5 rings (SSSR count). The minimum absolute atomic E-state index is 0.0205. The van der Waals surface area contributed by atoms with Gasteiger partial charge in [-0.05, 0) is 47.5 Å². The Morgan fingerprint density at radius 2 is 1.81 bits per heavy atom. The number of amides is 1. The van der Waals surface area contributed by atoms with Crippen molar-refractivity contribution in [3.63, 3.8) is 0 Å². The van der Waals surface area contributed by atoms with Crippen molar-refractivity contribution < 1.29 is 23.4 Å². The molecule has 7 heteroatoms. The van der Waals surface area contributed by atoms with Gasteiger partial charge in [-0.3, -0.25) is 9.59 Å². The van der Waals surface area contributed by atoms with Gasteiger partial charge in [0, 0.05) is 6.54 Å². The molecule has 0 radical (unpaired) electrons. The summed E-state index contributed by atoms with van der Waals surface area (Å²) in [5.74, 6) is -0.684. The molecule has 1 unspecified atom stereocenters. The Balaban J connectivity index is 1.72. The number of aromatic hydroxyl groups is 1. The molecule has 1 aromatic heterocycles. The molecule has 32 heavy (non-hydrogen) atoms. The largest absolute Gasteiger partial charge is 0.504 e. The molecule has 6 nitrogen and oxygen atoms in total. The number of benzene rings is 3. The highest BCUT2D eigenvalue weighted by molar-refractivity contribution is 5.99. The first kappa shape index (κ1) is 19.8. The van der Waals surface area contributed by atoms with Gasteiger partial charge in [-0.25, -0.2) is 4.39 Å². The number of fused-ring (bicyclic) bond motifs is 2. The van der Waals surface area contributed by atoms with Gasteiger partial charge in [0.05, 0.1) is 24.1 Å². The molecule has 3 aromatic carbocycles. The number of halogens is 1. The molecule has 0 aliphatic carbocycles. The average molecular weight is 431 g/mol. The zero-order valence-corrected chi connectivity index (χ0v) is 17.0. The van der Waals surface area contributed by atoms with Crippen LogP contribution in [0.5, 0.6) is 11.5 Å². The number of carbonyl (C=O) groups is 1. The van der Waals surface area contributed by atoms with Gasteiger partial charge >= 0.3 is 0 Å². The molecule has 0 fully saturated rings. The molecule has 4 aromatic rings. The summed E-state index contributed by atoms with van der Waals surface area (Å²) in [5.41, 5.74) is 1.53. The van der Waals surface area contributed by atoms with E-state index in [2.05, 4.69) is 0 Å². The van der Waals surface area contributed by atoms with Crippen LogP contribution in [0.2, 0.25) is 0 Å². The van der Waals surface area contributed by atoms with E-state index < -0.39 is 11.9 Å². The molecule has 0 saturated carbocycles. The first-order chi connectivity index (χ1) is 15.5. The highest BCUT2D eigenvalue weighted by Crippen LogP contribution is 2.41. The number of hydrogen-bond donors (Lipinski definition) is 1. The zero-order valence-electron chi connectivity index (χ0n) is 17.0. The van der Waals surface area contributed by atoms with Crippen molar-refractivity contribution in [1.29, 1.82) is 0 Å². The smallest absolute Gasteiger partial charge is 0.291 e. The predicted molar refractivity (Wildman–Crippen MR) is 115 cm³/mol. The van der Waals surface area contributed by atoms with Crippen LogP contribution >= 0.6 is 0 Å². The summed E-state index contributed by atoms with van der Waals surface area (Å²) >= 11 is 0. The lowest BCUT2D eigenvalue weighted by molar-refractivity contribution is 0.0714. The summed E-state index contributed by atoms with van der Waals surface area (Å²) in [5, 5.41) is 10.4. The topological polar surface area (TPSA) is 80.0 Å². The Bertz CT molecular complexity index is 1410. The number of para-hydroxylation sites is 1. The molecule has 0 bridgehead atoms. The Kier molecular flexibility index (Phi) is 4.66. The molecule has 0 spiro atoms. The third-order valence-corrected chi connectivity index (χ3v) is 5.66. The highest BCUT2D eigenvalue weighted by Gasteiger charge is 2.43. The van der Waals surface area contributed by atoms with Crippen LogP contribution in [0, 0.1) is 5.82 Å². The molecule has 160 valence electrons. The van der Waals surface area contributed by atoms with E-state index >= 15 is 0 Å². The Hall–Kier alpha value is -4.13. The van der Waals surface area contributed by atoms with Gasteiger partial charge in [0.15, 0.2) is 16.9 Å². The van der Waals surface area contributed by atoms with E-state index in [4.69, 9.17) is 9.15 Å². The van der Waals surface area contributed by atoms with Crippen molar-refractivity contribution in [3.05, 3.63) is 105 Å².